The molecule has 2 aromatic rings. The number of halogens is 1. The Morgan fingerprint density at radius 1 is 1.15 bits per heavy atom. The summed E-state index contributed by atoms with van der Waals surface area (Å²) in [6.45, 7) is 1.65. The molecule has 0 unspecified atom stereocenters. The highest BCUT2D eigenvalue weighted by Crippen LogP contribution is 2.27. The topological polar surface area (TPSA) is 63.4 Å². The third kappa shape index (κ3) is 2.46. The molecule has 0 atom stereocenters. The third-order valence-electron chi connectivity index (χ3n) is 3.03. The van der Waals surface area contributed by atoms with Gasteiger partial charge in [0.2, 0.25) is 0 Å². The highest BCUT2D eigenvalue weighted by atomic mass is 32.2. The van der Waals surface area contributed by atoms with Crippen molar-refractivity contribution in [3.63, 3.8) is 0 Å². The van der Waals surface area contributed by atoms with Crippen LogP contribution in [0.4, 0.5) is 15.8 Å². The molecule has 0 aliphatic heterocycles. The first-order chi connectivity index (χ1) is 9.34. The average Bonchev–Trinajstić information content (AvgIpc) is 2.38. The normalized spacial score (nSPS) is 11.3. The van der Waals surface area contributed by atoms with Crippen LogP contribution in [0.15, 0.2) is 47.4 Å². The van der Waals surface area contributed by atoms with Crippen LogP contribution in [0, 0.1) is 12.7 Å². The second kappa shape index (κ2) is 5.13. The van der Waals surface area contributed by atoms with Gasteiger partial charge in [0.25, 0.3) is 10.0 Å². The highest BCUT2D eigenvalue weighted by Gasteiger charge is 2.24. The average molecular weight is 294 g/mol. The molecule has 0 aromatic heterocycles. The summed E-state index contributed by atoms with van der Waals surface area (Å²) in [5.41, 5.74) is 6.62. The maximum atomic E-state index is 13.7. The Morgan fingerprint density at radius 3 is 2.40 bits per heavy atom. The molecule has 0 radical (unpaired) electrons. The molecule has 0 spiro atoms. The minimum absolute atomic E-state index is 0.00345. The zero-order valence-electron chi connectivity index (χ0n) is 11.2. The van der Waals surface area contributed by atoms with E-state index >= 15 is 0 Å². The smallest absolute Gasteiger partial charge is 0.264 e. The van der Waals surface area contributed by atoms with Crippen LogP contribution < -0.4 is 10.0 Å². The van der Waals surface area contributed by atoms with E-state index in [2.05, 4.69) is 0 Å². The molecule has 0 heterocycles. The van der Waals surface area contributed by atoms with Crippen LogP contribution in [0.25, 0.3) is 0 Å². The van der Waals surface area contributed by atoms with Gasteiger partial charge in [0.05, 0.1) is 10.6 Å². The number of hydrogen-bond donors (Lipinski definition) is 1. The third-order valence-corrected chi connectivity index (χ3v) is 4.96. The predicted octanol–water partition coefficient (Wildman–Crippen LogP) is 2.54. The van der Waals surface area contributed by atoms with Gasteiger partial charge in [-0.15, -0.1) is 0 Å². The Kier molecular flexibility index (Phi) is 3.67. The van der Waals surface area contributed by atoms with E-state index in [1.807, 2.05) is 0 Å². The number of nitrogens with zero attached hydrogens (tertiary/aromatic N) is 1. The molecular formula is C14H15FN2O2S. The quantitative estimate of drug-likeness (QED) is 0.885. The second-order valence-corrected chi connectivity index (χ2v) is 6.39. The zero-order chi connectivity index (χ0) is 14.9. The van der Waals surface area contributed by atoms with Crippen molar-refractivity contribution in [3.8, 4) is 0 Å². The number of benzene rings is 2. The van der Waals surface area contributed by atoms with Crippen LogP contribution in [0.1, 0.15) is 5.56 Å². The van der Waals surface area contributed by atoms with Crippen LogP contribution in [0.5, 0.6) is 0 Å². The predicted molar refractivity (Wildman–Crippen MR) is 77.6 cm³/mol. The summed E-state index contributed by atoms with van der Waals surface area (Å²) in [5.74, 6) is -0.591. The first kappa shape index (κ1) is 14.3. The molecule has 0 amide bonds. The van der Waals surface area contributed by atoms with E-state index in [0.717, 1.165) is 4.31 Å². The van der Waals surface area contributed by atoms with Gasteiger partial charge in [-0.05, 0) is 42.8 Å². The Labute approximate surface area is 117 Å². The number of sulfonamides is 1. The van der Waals surface area contributed by atoms with Crippen LogP contribution in [-0.2, 0) is 10.0 Å². The molecule has 0 bridgehead atoms. The molecule has 0 saturated heterocycles. The summed E-state index contributed by atoms with van der Waals surface area (Å²) in [5, 5.41) is 0. The van der Waals surface area contributed by atoms with Crippen molar-refractivity contribution in [2.45, 2.75) is 11.8 Å². The van der Waals surface area contributed by atoms with Crippen molar-refractivity contribution < 1.29 is 12.8 Å². The highest BCUT2D eigenvalue weighted by molar-refractivity contribution is 7.92. The fourth-order valence-corrected chi connectivity index (χ4v) is 3.35. The Balaban J connectivity index is 2.53. The number of nitrogen functional groups attached to an aromatic ring is 1. The van der Waals surface area contributed by atoms with E-state index in [1.165, 1.54) is 37.4 Å². The number of nitrogens with two attached hydrogens (primary N) is 1. The van der Waals surface area contributed by atoms with E-state index in [9.17, 15) is 12.8 Å². The van der Waals surface area contributed by atoms with Crippen LogP contribution in [0.3, 0.4) is 0 Å². The maximum Gasteiger partial charge on any atom is 0.264 e. The number of aryl methyl sites for hydroxylation is 1. The van der Waals surface area contributed by atoms with E-state index in [-0.39, 0.29) is 10.6 Å². The van der Waals surface area contributed by atoms with Gasteiger partial charge in [-0.25, -0.2) is 12.8 Å². The molecule has 2 aromatic carbocycles. The fourth-order valence-electron chi connectivity index (χ4n) is 1.95. The van der Waals surface area contributed by atoms with Gasteiger partial charge in [-0.1, -0.05) is 12.1 Å². The van der Waals surface area contributed by atoms with E-state index in [4.69, 9.17) is 5.73 Å². The number of para-hydroxylation sites is 1. The molecule has 106 valence electrons. The van der Waals surface area contributed by atoms with Crippen LogP contribution >= 0.6 is 0 Å². The van der Waals surface area contributed by atoms with Crippen molar-refractivity contribution in [1.29, 1.82) is 0 Å². The van der Waals surface area contributed by atoms with Gasteiger partial charge in [-0.2, -0.15) is 0 Å². The summed E-state index contributed by atoms with van der Waals surface area (Å²) in [4.78, 5) is 0.109. The largest absolute Gasteiger partial charge is 0.399 e. The fraction of sp³-hybridized carbons (Fsp3) is 0.143. The van der Waals surface area contributed by atoms with E-state index in [0.29, 0.717) is 11.3 Å². The standard InChI is InChI=1S/C14H15FN2O2S/c1-10-9-11(16)7-8-14(10)20(18,19)17(2)13-6-4-3-5-12(13)15/h3-9H,16H2,1-2H3. The summed E-state index contributed by atoms with van der Waals surface area (Å²) in [6, 6.07) is 10.2. The lowest BCUT2D eigenvalue weighted by atomic mass is 10.2. The zero-order valence-corrected chi connectivity index (χ0v) is 12.0. The molecule has 0 fully saturated rings. The van der Waals surface area contributed by atoms with E-state index in [1.54, 1.807) is 19.1 Å². The van der Waals surface area contributed by atoms with Gasteiger partial charge in [-0.3, -0.25) is 4.31 Å². The molecule has 6 heteroatoms. The number of rotatable bonds is 3. The van der Waals surface area contributed by atoms with Gasteiger partial charge >= 0.3 is 0 Å². The van der Waals surface area contributed by atoms with Crippen molar-refractivity contribution in [3.05, 3.63) is 53.8 Å². The van der Waals surface area contributed by atoms with Gasteiger partial charge < -0.3 is 5.73 Å². The van der Waals surface area contributed by atoms with Crippen molar-refractivity contribution >= 4 is 21.4 Å². The summed E-state index contributed by atoms with van der Waals surface area (Å²) < 4.78 is 39.7. The second-order valence-electron chi connectivity index (χ2n) is 4.45. The first-order valence-corrected chi connectivity index (χ1v) is 7.37. The van der Waals surface area contributed by atoms with Crippen LogP contribution in [0.2, 0.25) is 0 Å². The molecule has 0 aliphatic carbocycles. The van der Waals surface area contributed by atoms with Crippen LogP contribution in [-0.4, -0.2) is 15.5 Å². The minimum atomic E-state index is -3.82. The molecule has 2 rings (SSSR count). The van der Waals surface area contributed by atoms with Crippen molar-refractivity contribution in [1.82, 2.24) is 0 Å². The Morgan fingerprint density at radius 2 is 1.80 bits per heavy atom. The Bertz CT molecular complexity index is 745. The first-order valence-electron chi connectivity index (χ1n) is 5.93. The van der Waals surface area contributed by atoms with Gasteiger partial charge in [0.15, 0.2) is 0 Å². The molecule has 20 heavy (non-hydrogen) atoms. The number of hydrogen-bond acceptors (Lipinski definition) is 3. The summed E-state index contributed by atoms with van der Waals surface area (Å²) >= 11 is 0. The number of anilines is 2. The summed E-state index contributed by atoms with van der Waals surface area (Å²) in [6.07, 6.45) is 0. The van der Waals surface area contributed by atoms with E-state index < -0.39 is 15.8 Å². The lowest BCUT2D eigenvalue weighted by molar-refractivity contribution is 0.589. The molecule has 2 N–H and O–H groups in total. The molecule has 4 nitrogen and oxygen atoms in total. The maximum absolute atomic E-state index is 13.7. The van der Waals surface area contributed by atoms with Gasteiger partial charge in [0, 0.05) is 12.7 Å². The monoisotopic (exact) mass is 294 g/mol. The lowest BCUT2D eigenvalue weighted by Crippen LogP contribution is -2.28. The Hall–Kier alpha value is -2.08. The van der Waals surface area contributed by atoms with Crippen molar-refractivity contribution in [2.75, 3.05) is 17.1 Å². The van der Waals surface area contributed by atoms with Gasteiger partial charge in [0.1, 0.15) is 5.82 Å². The molecule has 0 aliphatic rings. The molecular weight excluding hydrogens is 279 g/mol. The lowest BCUT2D eigenvalue weighted by Gasteiger charge is -2.21. The minimum Gasteiger partial charge on any atom is -0.399 e. The SMILES string of the molecule is Cc1cc(N)ccc1S(=O)(=O)N(C)c1ccccc1F. The van der Waals surface area contributed by atoms with Crippen molar-refractivity contribution in [2.24, 2.45) is 0 Å². The summed E-state index contributed by atoms with van der Waals surface area (Å²) in [7, 11) is -2.50. The molecule has 0 saturated carbocycles.